The number of fused-ring (bicyclic) bond motifs is 1. The van der Waals surface area contributed by atoms with E-state index >= 15 is 0 Å². The summed E-state index contributed by atoms with van der Waals surface area (Å²) in [5.74, 6) is 0.606. The number of carbonyl (C=O) groups is 1. The number of sulfonamides is 1. The summed E-state index contributed by atoms with van der Waals surface area (Å²) < 4.78 is 27.7. The fraction of sp³-hybridized carbons (Fsp3) is 0.650. The van der Waals surface area contributed by atoms with E-state index in [1.165, 1.54) is 0 Å². The van der Waals surface area contributed by atoms with Crippen LogP contribution in [0.1, 0.15) is 33.1 Å². The van der Waals surface area contributed by atoms with Crippen LogP contribution in [-0.2, 0) is 14.8 Å². The highest BCUT2D eigenvalue weighted by Crippen LogP contribution is 2.42. The number of rotatable bonds is 7. The summed E-state index contributed by atoms with van der Waals surface area (Å²) >= 11 is 5.89. The number of carbonyl (C=O) groups excluding carboxylic acids is 1. The lowest BCUT2D eigenvalue weighted by Crippen LogP contribution is -2.50. The van der Waals surface area contributed by atoms with Gasteiger partial charge in [-0.2, -0.15) is 4.31 Å². The van der Waals surface area contributed by atoms with Crippen LogP contribution < -0.4 is 5.73 Å². The van der Waals surface area contributed by atoms with E-state index in [1.54, 1.807) is 28.6 Å². The molecule has 1 aliphatic heterocycles. The molecule has 28 heavy (non-hydrogen) atoms. The molecular weight excluding hydrogens is 398 g/mol. The molecule has 1 heterocycles. The zero-order valence-electron chi connectivity index (χ0n) is 16.7. The molecule has 1 aliphatic carbocycles. The van der Waals surface area contributed by atoms with Crippen molar-refractivity contribution in [2.75, 3.05) is 20.1 Å². The van der Waals surface area contributed by atoms with Gasteiger partial charge in [-0.05, 0) is 68.3 Å². The lowest BCUT2D eigenvalue weighted by Gasteiger charge is -2.35. The summed E-state index contributed by atoms with van der Waals surface area (Å²) in [6.45, 7) is 5.18. The number of amides is 1. The molecule has 0 bridgehead atoms. The van der Waals surface area contributed by atoms with Gasteiger partial charge in [0.2, 0.25) is 15.9 Å². The molecule has 2 N–H and O–H groups in total. The monoisotopic (exact) mass is 427 g/mol. The molecule has 156 valence electrons. The maximum absolute atomic E-state index is 13.0. The van der Waals surface area contributed by atoms with Crippen molar-refractivity contribution in [3.05, 3.63) is 29.3 Å². The molecule has 0 unspecified atom stereocenters. The molecule has 3 rings (SSSR count). The third-order valence-corrected chi connectivity index (χ3v) is 8.37. The van der Waals surface area contributed by atoms with Gasteiger partial charge in [0.1, 0.15) is 0 Å². The Bertz CT molecular complexity index is 812. The summed E-state index contributed by atoms with van der Waals surface area (Å²) in [4.78, 5) is 14.4. The number of benzene rings is 1. The molecule has 1 amide bonds. The predicted molar refractivity (Wildman–Crippen MR) is 110 cm³/mol. The number of likely N-dealkylation sites (N-methyl/N-ethyl adjacent to an activating group) is 1. The maximum atomic E-state index is 13.0. The standard InChI is InChI=1S/C20H30ClN3O3S/c1-13(2)10-19(20(22)25)23(3)18-9-4-14-11-24(12-17(14)18)28(26,27)16-7-5-15(21)6-8-16/h5-8,13-14,17-19H,4,9-12H2,1-3H3,(H2,22,25)/t14-,17+,18+,19-/m0/s1. The molecule has 0 radical (unpaired) electrons. The van der Waals surface area contributed by atoms with Crippen LogP contribution in [0, 0.1) is 17.8 Å². The van der Waals surface area contributed by atoms with Crippen LogP contribution in [0.2, 0.25) is 5.02 Å². The van der Waals surface area contributed by atoms with Crippen molar-refractivity contribution in [2.45, 2.75) is 50.1 Å². The van der Waals surface area contributed by atoms with Crippen molar-refractivity contribution in [3.63, 3.8) is 0 Å². The third-order valence-electron chi connectivity index (χ3n) is 6.27. The summed E-state index contributed by atoms with van der Waals surface area (Å²) in [6, 6.07) is 6.18. The molecule has 8 heteroatoms. The van der Waals surface area contributed by atoms with Crippen LogP contribution in [0.15, 0.2) is 29.2 Å². The SMILES string of the molecule is CC(C)C[C@@H](C(N)=O)N(C)[C@@H]1CC[C@H]2CN(S(=O)(=O)c3ccc(Cl)cc3)C[C@H]21. The minimum Gasteiger partial charge on any atom is -0.368 e. The second kappa shape index (κ2) is 8.30. The Morgan fingerprint density at radius 3 is 2.46 bits per heavy atom. The van der Waals surface area contributed by atoms with Gasteiger partial charge in [-0.25, -0.2) is 8.42 Å². The first-order valence-corrected chi connectivity index (χ1v) is 11.7. The molecule has 1 saturated heterocycles. The first-order chi connectivity index (χ1) is 13.1. The largest absolute Gasteiger partial charge is 0.368 e. The number of primary amides is 1. The topological polar surface area (TPSA) is 83.7 Å². The zero-order valence-corrected chi connectivity index (χ0v) is 18.3. The Morgan fingerprint density at radius 1 is 1.25 bits per heavy atom. The lowest BCUT2D eigenvalue weighted by molar-refractivity contribution is -0.124. The number of halogens is 1. The van der Waals surface area contributed by atoms with Gasteiger partial charge in [0, 0.05) is 24.2 Å². The van der Waals surface area contributed by atoms with Gasteiger partial charge in [-0.15, -0.1) is 0 Å². The van der Waals surface area contributed by atoms with E-state index in [-0.39, 0.29) is 28.8 Å². The molecule has 0 aromatic heterocycles. The minimum absolute atomic E-state index is 0.173. The first-order valence-electron chi connectivity index (χ1n) is 9.88. The molecule has 4 atom stereocenters. The van der Waals surface area contributed by atoms with Crippen LogP contribution in [0.4, 0.5) is 0 Å². The Morgan fingerprint density at radius 2 is 1.89 bits per heavy atom. The fourth-order valence-electron chi connectivity index (χ4n) is 4.81. The Balaban J connectivity index is 1.76. The number of hydrogen-bond donors (Lipinski definition) is 1. The zero-order chi connectivity index (χ0) is 20.6. The molecule has 1 aromatic carbocycles. The third kappa shape index (κ3) is 4.22. The van der Waals surface area contributed by atoms with Crippen molar-refractivity contribution in [1.82, 2.24) is 9.21 Å². The van der Waals surface area contributed by atoms with Crippen molar-refractivity contribution in [1.29, 1.82) is 0 Å². The number of nitrogens with zero attached hydrogens (tertiary/aromatic N) is 2. The Hall–Kier alpha value is -1.15. The highest BCUT2D eigenvalue weighted by molar-refractivity contribution is 7.89. The normalized spacial score (nSPS) is 26.7. The molecule has 2 aliphatic rings. The van der Waals surface area contributed by atoms with Crippen molar-refractivity contribution in [3.8, 4) is 0 Å². The van der Waals surface area contributed by atoms with Gasteiger partial charge < -0.3 is 5.73 Å². The van der Waals surface area contributed by atoms with Crippen LogP contribution in [0.5, 0.6) is 0 Å². The van der Waals surface area contributed by atoms with E-state index in [0.29, 0.717) is 36.4 Å². The van der Waals surface area contributed by atoms with Gasteiger partial charge >= 0.3 is 0 Å². The smallest absolute Gasteiger partial charge is 0.243 e. The highest BCUT2D eigenvalue weighted by Gasteiger charge is 2.48. The van der Waals surface area contributed by atoms with Crippen molar-refractivity contribution < 1.29 is 13.2 Å². The summed E-state index contributed by atoms with van der Waals surface area (Å²) in [7, 11) is -1.58. The average molecular weight is 428 g/mol. The fourth-order valence-corrected chi connectivity index (χ4v) is 6.47. The van der Waals surface area contributed by atoms with E-state index < -0.39 is 10.0 Å². The van der Waals surface area contributed by atoms with Gasteiger partial charge in [-0.1, -0.05) is 25.4 Å². The van der Waals surface area contributed by atoms with Crippen LogP contribution in [0.3, 0.4) is 0 Å². The second-order valence-corrected chi connectivity index (χ2v) is 10.9. The van der Waals surface area contributed by atoms with E-state index in [0.717, 1.165) is 12.8 Å². The van der Waals surface area contributed by atoms with E-state index in [2.05, 4.69) is 18.7 Å². The van der Waals surface area contributed by atoms with Crippen molar-refractivity contribution in [2.24, 2.45) is 23.5 Å². The minimum atomic E-state index is -3.54. The molecular formula is C20H30ClN3O3S. The van der Waals surface area contributed by atoms with Crippen LogP contribution in [-0.4, -0.2) is 55.8 Å². The molecule has 2 fully saturated rings. The summed E-state index contributed by atoms with van der Waals surface area (Å²) in [6.07, 6.45) is 2.66. The molecule has 1 aromatic rings. The van der Waals surface area contributed by atoms with Crippen LogP contribution in [0.25, 0.3) is 0 Å². The van der Waals surface area contributed by atoms with E-state index in [4.69, 9.17) is 17.3 Å². The number of hydrogen-bond acceptors (Lipinski definition) is 4. The number of nitrogens with two attached hydrogens (primary N) is 1. The lowest BCUT2D eigenvalue weighted by atomic mass is 9.94. The van der Waals surface area contributed by atoms with Gasteiger partial charge in [0.25, 0.3) is 0 Å². The predicted octanol–water partition coefficient (Wildman–Crippen LogP) is 2.57. The average Bonchev–Trinajstić information content (AvgIpc) is 3.20. The highest BCUT2D eigenvalue weighted by atomic mass is 35.5. The Kier molecular flexibility index (Phi) is 6.39. The molecule has 0 spiro atoms. The quantitative estimate of drug-likeness (QED) is 0.724. The Labute approximate surface area is 173 Å². The van der Waals surface area contributed by atoms with Crippen LogP contribution >= 0.6 is 11.6 Å². The summed E-state index contributed by atoms with van der Waals surface area (Å²) in [5, 5.41) is 0.515. The van der Waals surface area contributed by atoms with Crippen molar-refractivity contribution >= 4 is 27.5 Å². The van der Waals surface area contributed by atoms with E-state index in [9.17, 15) is 13.2 Å². The maximum Gasteiger partial charge on any atom is 0.243 e. The van der Waals surface area contributed by atoms with Gasteiger partial charge in [0.05, 0.1) is 10.9 Å². The summed E-state index contributed by atoms with van der Waals surface area (Å²) in [5.41, 5.74) is 5.68. The van der Waals surface area contributed by atoms with Gasteiger partial charge in [0.15, 0.2) is 0 Å². The molecule has 6 nitrogen and oxygen atoms in total. The van der Waals surface area contributed by atoms with E-state index in [1.807, 2.05) is 7.05 Å². The van der Waals surface area contributed by atoms with Gasteiger partial charge in [-0.3, -0.25) is 9.69 Å². The molecule has 1 saturated carbocycles. The first kappa shape index (κ1) is 21.6. The second-order valence-electron chi connectivity index (χ2n) is 8.56.